The molecule has 2 atom stereocenters. The largest absolute Gasteiger partial charge is 0.377 e. The zero-order chi connectivity index (χ0) is 27.8. The second-order valence-electron chi connectivity index (χ2n) is 9.81. The van der Waals surface area contributed by atoms with E-state index in [1.54, 1.807) is 36.3 Å². The molecule has 0 bridgehead atoms. The minimum Gasteiger partial charge on any atom is -0.377 e. The van der Waals surface area contributed by atoms with Crippen LogP contribution in [0.1, 0.15) is 49.3 Å². The van der Waals surface area contributed by atoms with Gasteiger partial charge in [0.15, 0.2) is 5.82 Å². The van der Waals surface area contributed by atoms with Gasteiger partial charge in [-0.25, -0.2) is 14.4 Å². The van der Waals surface area contributed by atoms with E-state index < -0.39 is 5.82 Å². The van der Waals surface area contributed by atoms with E-state index in [1.807, 2.05) is 52.0 Å². The van der Waals surface area contributed by atoms with Crippen LogP contribution in [-0.4, -0.2) is 26.9 Å². The van der Waals surface area contributed by atoms with E-state index in [0.717, 1.165) is 27.8 Å². The fourth-order valence-electron chi connectivity index (χ4n) is 4.90. The van der Waals surface area contributed by atoms with E-state index in [0.29, 0.717) is 28.2 Å². The van der Waals surface area contributed by atoms with Gasteiger partial charge in [0.05, 0.1) is 22.5 Å². The van der Waals surface area contributed by atoms with Gasteiger partial charge in [0.25, 0.3) is 5.56 Å². The fraction of sp³-hybridized carbons (Fsp3) is 0.233. The number of allylic oxidation sites excluding steroid dienone is 2. The monoisotopic (exact) mass is 521 g/mol. The van der Waals surface area contributed by atoms with Gasteiger partial charge in [0, 0.05) is 48.3 Å². The first kappa shape index (κ1) is 25.8. The van der Waals surface area contributed by atoms with Crippen molar-refractivity contribution in [2.24, 2.45) is 12.0 Å². The highest BCUT2D eigenvalue weighted by Gasteiger charge is 2.18. The summed E-state index contributed by atoms with van der Waals surface area (Å²) in [7, 11) is 1.73. The third-order valence-corrected chi connectivity index (χ3v) is 6.92. The molecule has 0 fully saturated rings. The minimum atomic E-state index is -0.472. The first-order chi connectivity index (χ1) is 18.7. The molecule has 0 spiro atoms. The predicted molar refractivity (Wildman–Crippen MR) is 152 cm³/mol. The number of rotatable bonds is 5. The molecule has 1 unspecified atom stereocenters. The van der Waals surface area contributed by atoms with E-state index in [2.05, 4.69) is 25.6 Å². The lowest BCUT2D eigenvalue weighted by molar-refractivity contribution is 0.627. The Bertz CT molecular complexity index is 1760. The number of benzene rings is 2. The molecule has 0 aliphatic carbocycles. The van der Waals surface area contributed by atoms with Crippen LogP contribution in [0.4, 0.5) is 10.1 Å². The number of fused-ring (bicyclic) bond motifs is 1. The van der Waals surface area contributed by atoms with Crippen molar-refractivity contribution in [3.05, 3.63) is 93.2 Å². The Hall–Kier alpha value is -4.84. The predicted octanol–water partition coefficient (Wildman–Crippen LogP) is 5.24. The van der Waals surface area contributed by atoms with Crippen LogP contribution >= 0.6 is 0 Å². The molecule has 2 aromatic carbocycles. The van der Waals surface area contributed by atoms with Crippen LogP contribution in [0.5, 0.6) is 0 Å². The molecule has 2 N–H and O–H groups in total. The van der Waals surface area contributed by atoms with Gasteiger partial charge in [-0.3, -0.25) is 9.79 Å². The lowest BCUT2D eigenvalue weighted by atomic mass is 9.96. The molecule has 1 aliphatic heterocycles. The third kappa shape index (κ3) is 4.89. The number of nitrogens with zero attached hydrogens (tertiary/aromatic N) is 5. The van der Waals surface area contributed by atoms with Gasteiger partial charge in [0.2, 0.25) is 0 Å². The molecular weight excluding hydrogens is 493 g/mol. The molecule has 1 aliphatic rings. The minimum absolute atomic E-state index is 0.00408. The highest BCUT2D eigenvalue weighted by atomic mass is 19.1. The van der Waals surface area contributed by atoms with Crippen molar-refractivity contribution in [2.45, 2.75) is 39.9 Å². The SMILES string of the molecule is CC1=C(c2ncc(-c3cc4c([C@@H](C)Nc5ccc(F)cc5C#N)cc(C)cc4c(=O)n3C)cn2)C=NC(C)N1. The highest BCUT2D eigenvalue weighted by Crippen LogP contribution is 2.31. The summed E-state index contributed by atoms with van der Waals surface area (Å²) in [6, 6.07) is 11.7. The van der Waals surface area contributed by atoms with Crippen LogP contribution in [-0.2, 0) is 7.05 Å². The maximum atomic E-state index is 13.7. The van der Waals surface area contributed by atoms with Crippen LogP contribution in [0.25, 0.3) is 27.6 Å². The molecule has 8 nitrogen and oxygen atoms in total. The van der Waals surface area contributed by atoms with Crippen molar-refractivity contribution >= 4 is 28.2 Å². The van der Waals surface area contributed by atoms with E-state index in [9.17, 15) is 14.4 Å². The second-order valence-corrected chi connectivity index (χ2v) is 9.81. The Kier molecular flexibility index (Phi) is 6.71. The van der Waals surface area contributed by atoms with Crippen molar-refractivity contribution < 1.29 is 4.39 Å². The lowest BCUT2D eigenvalue weighted by Gasteiger charge is -2.21. The number of halogens is 1. The van der Waals surface area contributed by atoms with E-state index in [4.69, 9.17) is 0 Å². The number of hydrogen-bond acceptors (Lipinski definition) is 7. The standard InChI is InChI=1S/C30H28FN7O/c1-16-8-23(17(2)37-27-7-6-22(31)10-20(27)12-32)24-11-28(38(5)30(39)25(24)9-16)21-13-34-29(35-14-21)26-15-33-19(4)36-18(26)3/h6-11,13-15,17,19,36-37H,1-5H3/t17-,19?/m1/s1. The molecule has 4 aromatic rings. The summed E-state index contributed by atoms with van der Waals surface area (Å²) in [5, 5.41) is 17.4. The van der Waals surface area contributed by atoms with Crippen LogP contribution < -0.4 is 16.2 Å². The molecule has 3 heterocycles. The smallest absolute Gasteiger partial charge is 0.258 e. The summed E-state index contributed by atoms with van der Waals surface area (Å²) in [4.78, 5) is 27.1. The van der Waals surface area contributed by atoms with Crippen molar-refractivity contribution in [2.75, 3.05) is 5.32 Å². The molecule has 5 rings (SSSR count). The molecule has 196 valence electrons. The average Bonchev–Trinajstić information content (AvgIpc) is 2.91. The van der Waals surface area contributed by atoms with Gasteiger partial charge >= 0.3 is 0 Å². The number of aliphatic imine (C=N–C) groups is 1. The van der Waals surface area contributed by atoms with Gasteiger partial charge in [-0.1, -0.05) is 6.07 Å². The Morgan fingerprint density at radius 2 is 1.87 bits per heavy atom. The first-order valence-corrected chi connectivity index (χ1v) is 12.6. The Labute approximate surface area is 225 Å². The van der Waals surface area contributed by atoms with Gasteiger partial charge in [-0.2, -0.15) is 5.26 Å². The van der Waals surface area contributed by atoms with Crippen LogP contribution in [0.15, 0.2) is 64.3 Å². The number of nitriles is 1. The maximum absolute atomic E-state index is 13.7. The second kappa shape index (κ2) is 10.1. The molecular formula is C30H28FN7O. The lowest BCUT2D eigenvalue weighted by Crippen LogP contribution is -2.27. The van der Waals surface area contributed by atoms with Crippen molar-refractivity contribution in [1.29, 1.82) is 5.26 Å². The zero-order valence-corrected chi connectivity index (χ0v) is 22.4. The number of pyridine rings is 1. The van der Waals surface area contributed by atoms with E-state index >= 15 is 0 Å². The summed E-state index contributed by atoms with van der Waals surface area (Å²) in [5.41, 5.74) is 5.56. The van der Waals surface area contributed by atoms with Crippen molar-refractivity contribution in [1.82, 2.24) is 19.9 Å². The molecule has 0 radical (unpaired) electrons. The van der Waals surface area contributed by atoms with Crippen LogP contribution in [0.3, 0.4) is 0 Å². The molecule has 39 heavy (non-hydrogen) atoms. The highest BCUT2D eigenvalue weighted by molar-refractivity contribution is 6.10. The molecule has 0 amide bonds. The average molecular weight is 522 g/mol. The van der Waals surface area contributed by atoms with Crippen molar-refractivity contribution in [3.63, 3.8) is 0 Å². The van der Waals surface area contributed by atoms with E-state index in [1.165, 1.54) is 12.1 Å². The van der Waals surface area contributed by atoms with Gasteiger partial charge in [-0.05, 0) is 74.5 Å². The van der Waals surface area contributed by atoms with Crippen LogP contribution in [0, 0.1) is 24.1 Å². The van der Waals surface area contributed by atoms with Crippen LogP contribution in [0.2, 0.25) is 0 Å². The molecule has 2 aromatic heterocycles. The summed E-state index contributed by atoms with van der Waals surface area (Å²) in [5.74, 6) is 0.0760. The Morgan fingerprint density at radius 3 is 2.56 bits per heavy atom. The number of aryl methyl sites for hydroxylation is 1. The zero-order valence-electron chi connectivity index (χ0n) is 22.4. The molecule has 0 saturated carbocycles. The number of hydrogen-bond donors (Lipinski definition) is 2. The summed E-state index contributed by atoms with van der Waals surface area (Å²) in [6.45, 7) is 7.82. The number of anilines is 1. The number of aromatic nitrogens is 3. The fourth-order valence-corrected chi connectivity index (χ4v) is 4.90. The summed E-state index contributed by atoms with van der Waals surface area (Å²) < 4.78 is 15.3. The normalized spacial score (nSPS) is 15.7. The van der Waals surface area contributed by atoms with Crippen molar-refractivity contribution in [3.8, 4) is 17.3 Å². The van der Waals surface area contributed by atoms with Gasteiger partial charge in [0.1, 0.15) is 18.1 Å². The van der Waals surface area contributed by atoms with Gasteiger partial charge in [-0.15, -0.1) is 0 Å². The van der Waals surface area contributed by atoms with E-state index in [-0.39, 0.29) is 23.3 Å². The first-order valence-electron chi connectivity index (χ1n) is 12.6. The quantitative estimate of drug-likeness (QED) is 0.372. The summed E-state index contributed by atoms with van der Waals surface area (Å²) >= 11 is 0. The third-order valence-electron chi connectivity index (χ3n) is 6.92. The summed E-state index contributed by atoms with van der Waals surface area (Å²) in [6.07, 6.45) is 5.20. The molecule has 0 saturated heterocycles. The topological polar surface area (TPSA) is 108 Å². The maximum Gasteiger partial charge on any atom is 0.258 e. The Balaban J connectivity index is 1.58. The Morgan fingerprint density at radius 1 is 1.13 bits per heavy atom. The van der Waals surface area contributed by atoms with Gasteiger partial charge < -0.3 is 15.2 Å². The number of nitrogens with one attached hydrogen (secondary N) is 2. The molecule has 9 heteroatoms.